The van der Waals surface area contributed by atoms with Gasteiger partial charge in [-0.05, 0) is 90.3 Å². The standard InChI is InChI=1S/C15H20N2.C14H18N2/c1-5-11-6-7-12-13(17-15(2,3)4)8-9-16-14(12)10-11;1-10-5-6-11-12(16-14(2,3)4)7-8-15-13(11)9-10/h6-10H,5H2,1-4H3,(H,16,17);5-9H,1-4H3,(H,15,16). The summed E-state index contributed by atoms with van der Waals surface area (Å²) in [6.45, 7) is 17.2. The minimum absolute atomic E-state index is 0.0672. The predicted octanol–water partition coefficient (Wildman–Crippen LogP) is 7.76. The summed E-state index contributed by atoms with van der Waals surface area (Å²) in [6.07, 6.45) is 4.78. The molecule has 0 bridgehead atoms. The van der Waals surface area contributed by atoms with E-state index in [1.807, 2.05) is 24.5 Å². The quantitative estimate of drug-likeness (QED) is 0.340. The van der Waals surface area contributed by atoms with Crippen LogP contribution in [0.1, 0.15) is 59.6 Å². The number of rotatable bonds is 3. The number of hydrogen-bond acceptors (Lipinski definition) is 4. The van der Waals surface area contributed by atoms with Crippen LogP contribution in [0, 0.1) is 6.92 Å². The number of nitrogens with zero attached hydrogens (tertiary/aromatic N) is 2. The minimum Gasteiger partial charge on any atom is -0.380 e. The normalized spacial score (nSPS) is 11.8. The third kappa shape index (κ3) is 6.92. The lowest BCUT2D eigenvalue weighted by Gasteiger charge is -2.23. The second kappa shape index (κ2) is 9.78. The van der Waals surface area contributed by atoms with Crippen LogP contribution >= 0.6 is 0 Å². The minimum atomic E-state index is 0.0672. The first-order chi connectivity index (χ1) is 15.4. The van der Waals surface area contributed by atoms with Gasteiger partial charge < -0.3 is 10.6 Å². The van der Waals surface area contributed by atoms with Gasteiger partial charge in [-0.1, -0.05) is 31.2 Å². The third-order valence-electron chi connectivity index (χ3n) is 5.13. The van der Waals surface area contributed by atoms with E-state index in [2.05, 4.69) is 112 Å². The average molecular weight is 443 g/mol. The summed E-state index contributed by atoms with van der Waals surface area (Å²) in [6, 6.07) is 16.9. The topological polar surface area (TPSA) is 49.8 Å². The van der Waals surface area contributed by atoms with Crippen molar-refractivity contribution in [2.45, 2.75) is 72.9 Å². The second-order valence-electron chi connectivity index (χ2n) is 10.7. The maximum absolute atomic E-state index is 4.44. The fourth-order valence-electron chi connectivity index (χ4n) is 3.70. The van der Waals surface area contributed by atoms with Crippen LogP contribution in [0.25, 0.3) is 21.8 Å². The number of aryl methyl sites for hydroxylation is 2. The molecule has 0 unspecified atom stereocenters. The zero-order valence-corrected chi connectivity index (χ0v) is 21.4. The van der Waals surface area contributed by atoms with Gasteiger partial charge in [-0.2, -0.15) is 0 Å². The number of anilines is 2. The Labute approximate surface area is 198 Å². The van der Waals surface area contributed by atoms with Crippen molar-refractivity contribution in [1.29, 1.82) is 0 Å². The molecule has 0 saturated carbocycles. The molecule has 2 aromatic carbocycles. The van der Waals surface area contributed by atoms with Crippen molar-refractivity contribution in [3.63, 3.8) is 0 Å². The van der Waals surface area contributed by atoms with Gasteiger partial charge in [-0.3, -0.25) is 9.97 Å². The first kappa shape index (κ1) is 24.5. The van der Waals surface area contributed by atoms with Gasteiger partial charge in [-0.25, -0.2) is 0 Å². The maximum atomic E-state index is 4.44. The van der Waals surface area contributed by atoms with E-state index in [1.165, 1.54) is 21.9 Å². The zero-order chi connectivity index (χ0) is 24.2. The molecule has 0 aliphatic heterocycles. The Morgan fingerprint density at radius 3 is 1.64 bits per heavy atom. The number of nitrogens with one attached hydrogen (secondary N) is 2. The molecule has 0 fully saturated rings. The molecule has 2 heterocycles. The summed E-state index contributed by atoms with van der Waals surface area (Å²) in [7, 11) is 0. The van der Waals surface area contributed by atoms with Gasteiger partial charge in [0.25, 0.3) is 0 Å². The van der Waals surface area contributed by atoms with Gasteiger partial charge in [0.1, 0.15) is 0 Å². The van der Waals surface area contributed by atoms with Crippen molar-refractivity contribution in [2.75, 3.05) is 10.6 Å². The summed E-state index contributed by atoms with van der Waals surface area (Å²) < 4.78 is 0. The summed E-state index contributed by atoms with van der Waals surface area (Å²) in [4.78, 5) is 8.83. The number of hydrogen-bond donors (Lipinski definition) is 2. The van der Waals surface area contributed by atoms with E-state index >= 15 is 0 Å². The van der Waals surface area contributed by atoms with Crippen LogP contribution in [0.4, 0.5) is 11.4 Å². The number of benzene rings is 2. The lowest BCUT2D eigenvalue weighted by molar-refractivity contribution is 0.634. The van der Waals surface area contributed by atoms with Crippen molar-refractivity contribution < 1.29 is 0 Å². The van der Waals surface area contributed by atoms with E-state index in [0.717, 1.165) is 28.8 Å². The highest BCUT2D eigenvalue weighted by atomic mass is 15.0. The fraction of sp³-hybridized carbons (Fsp3) is 0.379. The van der Waals surface area contributed by atoms with Crippen LogP contribution in [0.2, 0.25) is 0 Å². The summed E-state index contributed by atoms with van der Waals surface area (Å²) in [5.41, 5.74) is 7.14. The monoisotopic (exact) mass is 442 g/mol. The molecule has 4 aromatic rings. The molecule has 0 amide bonds. The van der Waals surface area contributed by atoms with E-state index < -0.39 is 0 Å². The van der Waals surface area contributed by atoms with Gasteiger partial charge in [0.05, 0.1) is 11.0 Å². The molecule has 4 heteroatoms. The van der Waals surface area contributed by atoms with Gasteiger partial charge in [0.15, 0.2) is 0 Å². The van der Waals surface area contributed by atoms with Gasteiger partial charge in [0, 0.05) is 45.6 Å². The molecule has 0 spiro atoms. The molecule has 0 aliphatic carbocycles. The number of fused-ring (bicyclic) bond motifs is 2. The van der Waals surface area contributed by atoms with Gasteiger partial charge >= 0.3 is 0 Å². The largest absolute Gasteiger partial charge is 0.380 e. The lowest BCUT2D eigenvalue weighted by Crippen LogP contribution is -2.26. The van der Waals surface area contributed by atoms with Crippen LogP contribution in [0.15, 0.2) is 60.9 Å². The molecule has 2 N–H and O–H groups in total. The molecule has 174 valence electrons. The van der Waals surface area contributed by atoms with Crippen molar-refractivity contribution in [1.82, 2.24) is 9.97 Å². The Kier molecular flexibility index (Phi) is 7.26. The molecule has 0 atom stereocenters. The third-order valence-corrected chi connectivity index (χ3v) is 5.13. The number of aromatic nitrogens is 2. The van der Waals surface area contributed by atoms with Crippen LogP contribution in [-0.2, 0) is 6.42 Å². The van der Waals surface area contributed by atoms with E-state index in [0.29, 0.717) is 0 Å². The first-order valence-electron chi connectivity index (χ1n) is 11.7. The summed E-state index contributed by atoms with van der Waals surface area (Å²) in [5.74, 6) is 0. The maximum Gasteiger partial charge on any atom is 0.0725 e. The Hall–Kier alpha value is -3.14. The molecule has 2 aromatic heterocycles. The lowest BCUT2D eigenvalue weighted by atomic mass is 10.1. The zero-order valence-electron chi connectivity index (χ0n) is 21.4. The molecule has 4 nitrogen and oxygen atoms in total. The first-order valence-corrected chi connectivity index (χ1v) is 11.7. The Bertz CT molecular complexity index is 1230. The summed E-state index contributed by atoms with van der Waals surface area (Å²) in [5, 5.41) is 9.40. The van der Waals surface area contributed by atoms with Crippen molar-refractivity contribution in [3.8, 4) is 0 Å². The highest BCUT2D eigenvalue weighted by molar-refractivity contribution is 5.92. The number of pyridine rings is 2. The van der Waals surface area contributed by atoms with Gasteiger partial charge in [0.2, 0.25) is 0 Å². The highest BCUT2D eigenvalue weighted by Gasteiger charge is 2.12. The van der Waals surface area contributed by atoms with Crippen molar-refractivity contribution in [2.24, 2.45) is 0 Å². The molecular formula is C29H38N4. The van der Waals surface area contributed by atoms with Crippen LogP contribution < -0.4 is 10.6 Å². The molecule has 0 saturated heterocycles. The molecule has 0 aliphatic rings. The van der Waals surface area contributed by atoms with E-state index in [4.69, 9.17) is 0 Å². The SMILES string of the molecule is CCc1ccc2c(NC(C)(C)C)ccnc2c1.Cc1ccc2c(NC(C)(C)C)ccnc2c1. The molecule has 4 rings (SSSR count). The smallest absolute Gasteiger partial charge is 0.0725 e. The van der Waals surface area contributed by atoms with E-state index in [-0.39, 0.29) is 11.1 Å². The average Bonchev–Trinajstić information content (AvgIpc) is 2.72. The van der Waals surface area contributed by atoms with Crippen molar-refractivity contribution in [3.05, 3.63) is 72.1 Å². The Morgan fingerprint density at radius 1 is 0.667 bits per heavy atom. The Morgan fingerprint density at radius 2 is 1.15 bits per heavy atom. The van der Waals surface area contributed by atoms with Gasteiger partial charge in [-0.15, -0.1) is 0 Å². The van der Waals surface area contributed by atoms with Crippen LogP contribution in [0.5, 0.6) is 0 Å². The fourth-order valence-corrected chi connectivity index (χ4v) is 3.70. The molecular weight excluding hydrogens is 404 g/mol. The second-order valence-corrected chi connectivity index (χ2v) is 10.7. The predicted molar refractivity (Wildman–Crippen MR) is 144 cm³/mol. The van der Waals surface area contributed by atoms with E-state index in [9.17, 15) is 0 Å². The molecule has 0 radical (unpaired) electrons. The Balaban J connectivity index is 0.000000186. The van der Waals surface area contributed by atoms with Crippen LogP contribution in [-0.4, -0.2) is 21.0 Å². The summed E-state index contributed by atoms with van der Waals surface area (Å²) >= 11 is 0. The van der Waals surface area contributed by atoms with Crippen molar-refractivity contribution >= 4 is 33.2 Å². The highest BCUT2D eigenvalue weighted by Crippen LogP contribution is 2.26. The molecule has 33 heavy (non-hydrogen) atoms. The van der Waals surface area contributed by atoms with Crippen LogP contribution in [0.3, 0.4) is 0 Å². The van der Waals surface area contributed by atoms with E-state index in [1.54, 1.807) is 0 Å².